The van der Waals surface area contributed by atoms with Crippen molar-refractivity contribution in [1.82, 2.24) is 20.0 Å². The number of hydrogen-bond donors (Lipinski definition) is 0. The van der Waals surface area contributed by atoms with Gasteiger partial charge in [-0.3, -0.25) is 4.79 Å². The average molecular weight is 447 g/mol. The Hall–Kier alpha value is -3.01. The monoisotopic (exact) mass is 446 g/mol. The molecule has 0 radical (unpaired) electrons. The van der Waals surface area contributed by atoms with Gasteiger partial charge in [0.15, 0.2) is 0 Å². The van der Waals surface area contributed by atoms with E-state index in [-0.39, 0.29) is 17.8 Å². The van der Waals surface area contributed by atoms with Crippen molar-refractivity contribution in [2.24, 2.45) is 0 Å². The maximum Gasteiger partial charge on any atom is 0.409 e. The zero-order valence-corrected chi connectivity index (χ0v) is 18.7. The molecule has 1 saturated heterocycles. The number of hydrogen-bond acceptors (Lipinski definition) is 8. The normalized spacial score (nSPS) is 13.6. The van der Waals surface area contributed by atoms with Gasteiger partial charge in [0, 0.05) is 31.7 Å². The Kier molecular flexibility index (Phi) is 7.94. The number of amides is 2. The van der Waals surface area contributed by atoms with Gasteiger partial charge in [-0.05, 0) is 37.3 Å². The Morgan fingerprint density at radius 3 is 2.35 bits per heavy atom. The van der Waals surface area contributed by atoms with Crippen molar-refractivity contribution >= 4 is 23.8 Å². The fourth-order valence-corrected chi connectivity index (χ4v) is 3.85. The van der Waals surface area contributed by atoms with Crippen molar-refractivity contribution in [2.75, 3.05) is 52.8 Å². The molecule has 1 aliphatic heterocycles. The molecule has 0 aliphatic carbocycles. The third-order valence-corrected chi connectivity index (χ3v) is 5.73. The molecule has 1 aromatic heterocycles. The summed E-state index contributed by atoms with van der Waals surface area (Å²) in [6.45, 7) is 4.08. The number of methoxy groups -OCH3 is 2. The Bertz CT molecular complexity index is 901. The molecule has 31 heavy (non-hydrogen) atoms. The van der Waals surface area contributed by atoms with Crippen LogP contribution in [0.1, 0.15) is 6.92 Å². The molecule has 0 spiro atoms. The van der Waals surface area contributed by atoms with Crippen LogP contribution in [0.15, 0.2) is 35.4 Å². The summed E-state index contributed by atoms with van der Waals surface area (Å²) >= 11 is 1.33. The summed E-state index contributed by atoms with van der Waals surface area (Å²) in [5.41, 5.74) is 1.43. The van der Waals surface area contributed by atoms with Gasteiger partial charge in [0.1, 0.15) is 16.5 Å². The van der Waals surface area contributed by atoms with E-state index >= 15 is 0 Å². The van der Waals surface area contributed by atoms with E-state index in [0.29, 0.717) is 55.0 Å². The van der Waals surface area contributed by atoms with E-state index in [1.54, 1.807) is 30.9 Å². The predicted molar refractivity (Wildman–Crippen MR) is 116 cm³/mol. The lowest BCUT2D eigenvalue weighted by molar-refractivity contribution is -0.129. The first kappa shape index (κ1) is 22.7. The first-order valence-electron chi connectivity index (χ1n) is 9.94. The van der Waals surface area contributed by atoms with E-state index in [1.165, 1.54) is 11.8 Å². The lowest BCUT2D eigenvalue weighted by atomic mass is 10.1. The van der Waals surface area contributed by atoms with E-state index in [9.17, 15) is 9.59 Å². The van der Waals surface area contributed by atoms with Crippen molar-refractivity contribution in [3.8, 4) is 22.8 Å². The highest BCUT2D eigenvalue weighted by Gasteiger charge is 2.24. The number of rotatable bonds is 7. The lowest BCUT2D eigenvalue weighted by Crippen LogP contribution is -2.51. The summed E-state index contributed by atoms with van der Waals surface area (Å²) < 4.78 is 15.7. The minimum absolute atomic E-state index is 0.00819. The van der Waals surface area contributed by atoms with Crippen LogP contribution in [0.4, 0.5) is 4.79 Å². The minimum atomic E-state index is -0.327. The highest BCUT2D eigenvalue weighted by atomic mass is 32.2. The summed E-state index contributed by atoms with van der Waals surface area (Å²) in [7, 11) is 3.20. The summed E-state index contributed by atoms with van der Waals surface area (Å²) in [5, 5.41) is 9.17. The number of aromatic nitrogens is 2. The molecule has 2 heterocycles. The van der Waals surface area contributed by atoms with Crippen LogP contribution < -0.4 is 9.47 Å². The fraction of sp³-hybridized carbons (Fsp3) is 0.429. The zero-order valence-electron chi connectivity index (χ0n) is 17.9. The van der Waals surface area contributed by atoms with Crippen molar-refractivity contribution in [3.05, 3.63) is 30.3 Å². The van der Waals surface area contributed by atoms with Crippen LogP contribution in [-0.4, -0.2) is 84.8 Å². The van der Waals surface area contributed by atoms with Gasteiger partial charge in [0.05, 0.1) is 32.3 Å². The molecule has 3 rings (SSSR count). The van der Waals surface area contributed by atoms with Gasteiger partial charge in [-0.25, -0.2) is 4.79 Å². The second-order valence-electron chi connectivity index (χ2n) is 6.68. The topological polar surface area (TPSA) is 94.1 Å². The number of benzene rings is 1. The molecule has 0 saturated carbocycles. The molecule has 1 aromatic carbocycles. The summed E-state index contributed by atoms with van der Waals surface area (Å²) in [4.78, 5) is 27.6. The van der Waals surface area contributed by atoms with Gasteiger partial charge in [-0.15, -0.1) is 10.2 Å². The number of piperazine rings is 1. The number of carbonyl (C=O) groups excluding carboxylic acids is 2. The summed E-state index contributed by atoms with van der Waals surface area (Å²) in [6, 6.07) is 9.15. The molecule has 0 unspecified atom stereocenters. The number of carbonyl (C=O) groups is 2. The molecule has 0 bridgehead atoms. The molecule has 0 atom stereocenters. The lowest BCUT2D eigenvalue weighted by Gasteiger charge is -2.34. The van der Waals surface area contributed by atoms with Crippen molar-refractivity contribution < 1.29 is 23.8 Å². The van der Waals surface area contributed by atoms with Gasteiger partial charge >= 0.3 is 6.09 Å². The van der Waals surface area contributed by atoms with Crippen LogP contribution in [0.25, 0.3) is 11.3 Å². The summed E-state index contributed by atoms with van der Waals surface area (Å²) in [6.07, 6.45) is -0.327. The fourth-order valence-electron chi connectivity index (χ4n) is 3.14. The quantitative estimate of drug-likeness (QED) is 0.599. The molecular weight excluding hydrogens is 420 g/mol. The van der Waals surface area contributed by atoms with E-state index in [0.717, 1.165) is 5.56 Å². The smallest absolute Gasteiger partial charge is 0.409 e. The van der Waals surface area contributed by atoms with Crippen molar-refractivity contribution in [1.29, 1.82) is 0 Å². The molecule has 2 amide bonds. The van der Waals surface area contributed by atoms with Gasteiger partial charge in [0.2, 0.25) is 5.91 Å². The Labute approximate surface area is 185 Å². The van der Waals surface area contributed by atoms with E-state index in [1.807, 2.05) is 30.3 Å². The van der Waals surface area contributed by atoms with Crippen molar-refractivity contribution in [2.45, 2.75) is 11.9 Å². The van der Waals surface area contributed by atoms with Gasteiger partial charge in [0.25, 0.3) is 0 Å². The first-order valence-corrected chi connectivity index (χ1v) is 10.9. The van der Waals surface area contributed by atoms with Gasteiger partial charge < -0.3 is 24.0 Å². The average Bonchev–Trinajstić information content (AvgIpc) is 2.82. The molecular formula is C21H26N4O5S. The van der Waals surface area contributed by atoms with Crippen LogP contribution in [0.5, 0.6) is 11.5 Å². The van der Waals surface area contributed by atoms with Gasteiger partial charge in [-0.2, -0.15) is 0 Å². The number of nitrogens with zero attached hydrogens (tertiary/aromatic N) is 4. The Morgan fingerprint density at radius 1 is 1.00 bits per heavy atom. The van der Waals surface area contributed by atoms with Gasteiger partial charge in [-0.1, -0.05) is 11.8 Å². The highest BCUT2D eigenvalue weighted by molar-refractivity contribution is 7.99. The predicted octanol–water partition coefficient (Wildman–Crippen LogP) is 2.55. The molecule has 166 valence electrons. The minimum Gasteiger partial charge on any atom is -0.497 e. The molecule has 10 heteroatoms. The number of ether oxygens (including phenoxy) is 3. The molecule has 0 N–H and O–H groups in total. The SMILES string of the molecule is CCOC(=O)N1CCN(C(=O)CSc2ccc(-c3cc(OC)ccc3OC)nn2)CC1. The second-order valence-corrected chi connectivity index (χ2v) is 7.67. The maximum absolute atomic E-state index is 12.5. The molecule has 9 nitrogen and oxygen atoms in total. The largest absolute Gasteiger partial charge is 0.497 e. The van der Waals surface area contributed by atoms with Crippen LogP contribution >= 0.6 is 11.8 Å². The van der Waals surface area contributed by atoms with E-state index in [2.05, 4.69) is 10.2 Å². The Balaban J connectivity index is 1.54. The summed E-state index contributed by atoms with van der Waals surface area (Å²) in [5.74, 6) is 1.64. The molecule has 1 fully saturated rings. The van der Waals surface area contributed by atoms with Crippen LogP contribution in [0.2, 0.25) is 0 Å². The molecule has 2 aromatic rings. The van der Waals surface area contributed by atoms with Crippen LogP contribution in [0.3, 0.4) is 0 Å². The Morgan fingerprint density at radius 2 is 1.74 bits per heavy atom. The number of thioether (sulfide) groups is 1. The van der Waals surface area contributed by atoms with Crippen LogP contribution in [-0.2, 0) is 9.53 Å². The van der Waals surface area contributed by atoms with Crippen LogP contribution in [0, 0.1) is 0 Å². The van der Waals surface area contributed by atoms with Crippen molar-refractivity contribution in [3.63, 3.8) is 0 Å². The second kappa shape index (κ2) is 10.9. The first-order chi connectivity index (χ1) is 15.0. The molecule has 1 aliphatic rings. The third-order valence-electron chi connectivity index (χ3n) is 4.82. The standard InChI is InChI=1S/C21H26N4O5S/c1-4-30-21(27)25-11-9-24(10-12-25)20(26)14-31-19-8-6-17(22-23-19)16-13-15(28-2)5-7-18(16)29-3/h5-8,13H,4,9-12,14H2,1-3H3. The maximum atomic E-state index is 12.5. The van der Waals surface area contributed by atoms with E-state index in [4.69, 9.17) is 14.2 Å². The van der Waals surface area contributed by atoms with E-state index < -0.39 is 0 Å². The highest BCUT2D eigenvalue weighted by Crippen LogP contribution is 2.32. The third kappa shape index (κ3) is 5.78. The zero-order chi connectivity index (χ0) is 22.2.